The van der Waals surface area contributed by atoms with Gasteiger partial charge in [-0.1, -0.05) is 5.16 Å². The Morgan fingerprint density at radius 2 is 2.00 bits per heavy atom. The van der Waals surface area contributed by atoms with E-state index in [0.29, 0.717) is 12.1 Å². The third kappa shape index (κ3) is 1.21. The third-order valence-electron chi connectivity index (χ3n) is 2.86. The van der Waals surface area contributed by atoms with Gasteiger partial charge in [0.05, 0.1) is 18.9 Å². The number of rotatable bonds is 0. The van der Waals surface area contributed by atoms with E-state index in [0.717, 1.165) is 31.8 Å². The number of piperidine rings is 1. The Bertz CT molecular complexity index is 189. The summed E-state index contributed by atoms with van der Waals surface area (Å²) in [6.07, 6.45) is 1.70. The normalized spacial score (nSPS) is 36.6. The summed E-state index contributed by atoms with van der Waals surface area (Å²) in [5.74, 6) is 0. The molecule has 2 aliphatic heterocycles. The first kappa shape index (κ1) is 8.01. The molecule has 2 bridgehead atoms. The molecule has 2 atom stereocenters. The fraction of sp³-hybridized carbons (Fsp3) is 0.875. The summed E-state index contributed by atoms with van der Waals surface area (Å²) in [6.45, 7) is 1.54. The van der Waals surface area contributed by atoms with Crippen molar-refractivity contribution in [1.29, 1.82) is 0 Å². The zero-order chi connectivity index (χ0) is 8.55. The molecule has 0 saturated carbocycles. The van der Waals surface area contributed by atoms with Crippen LogP contribution in [0.25, 0.3) is 0 Å². The largest absolute Gasteiger partial charge is 0.411 e. The lowest BCUT2D eigenvalue weighted by Gasteiger charge is -2.43. The van der Waals surface area contributed by atoms with E-state index in [1.54, 1.807) is 0 Å². The van der Waals surface area contributed by atoms with E-state index in [2.05, 4.69) is 17.1 Å². The van der Waals surface area contributed by atoms with E-state index in [1.165, 1.54) is 0 Å². The fourth-order valence-corrected chi connectivity index (χ4v) is 1.99. The van der Waals surface area contributed by atoms with Gasteiger partial charge in [-0.25, -0.2) is 0 Å². The molecule has 0 amide bonds. The van der Waals surface area contributed by atoms with E-state index in [-0.39, 0.29) is 0 Å². The number of hydrogen-bond donors (Lipinski definition) is 1. The zero-order valence-corrected chi connectivity index (χ0v) is 7.23. The van der Waals surface area contributed by atoms with Gasteiger partial charge in [-0.3, -0.25) is 4.90 Å². The smallest absolute Gasteiger partial charge is 0.0626 e. The summed E-state index contributed by atoms with van der Waals surface area (Å²) in [6, 6.07) is 0.840. The molecule has 0 aliphatic carbocycles. The summed E-state index contributed by atoms with van der Waals surface area (Å²) in [4.78, 5) is 2.33. The van der Waals surface area contributed by atoms with Gasteiger partial charge < -0.3 is 9.94 Å². The minimum Gasteiger partial charge on any atom is -0.411 e. The van der Waals surface area contributed by atoms with E-state index >= 15 is 0 Å². The summed E-state index contributed by atoms with van der Waals surface area (Å²) in [5.41, 5.74) is 0.923. The highest BCUT2D eigenvalue weighted by atomic mass is 16.5. The molecule has 0 spiro atoms. The van der Waals surface area contributed by atoms with Crippen LogP contribution in [0.2, 0.25) is 0 Å². The Hall–Kier alpha value is -0.610. The molecule has 2 saturated heterocycles. The number of likely N-dealkylation sites (N-methyl/N-ethyl adjacent to an activating group) is 1. The van der Waals surface area contributed by atoms with Gasteiger partial charge in [-0.15, -0.1) is 0 Å². The molecule has 68 valence electrons. The van der Waals surface area contributed by atoms with Crippen molar-refractivity contribution in [2.45, 2.75) is 24.9 Å². The number of nitrogens with zero attached hydrogens (tertiary/aromatic N) is 2. The molecule has 1 N–H and O–H groups in total. The highest BCUT2D eigenvalue weighted by Gasteiger charge is 2.34. The lowest BCUT2D eigenvalue weighted by molar-refractivity contribution is -0.0393. The average Bonchev–Trinajstić information content (AvgIpc) is 2.04. The quantitative estimate of drug-likeness (QED) is 0.420. The van der Waals surface area contributed by atoms with Gasteiger partial charge in [-0.05, 0) is 7.05 Å². The molecule has 0 aromatic heterocycles. The molecular weight excluding hydrogens is 156 g/mol. The summed E-state index contributed by atoms with van der Waals surface area (Å²) < 4.78 is 5.42. The second kappa shape index (κ2) is 3.03. The van der Waals surface area contributed by atoms with Gasteiger partial charge in [0, 0.05) is 24.9 Å². The Morgan fingerprint density at radius 3 is 2.50 bits per heavy atom. The number of ether oxygens (including phenoxy) is 1. The summed E-state index contributed by atoms with van der Waals surface area (Å²) in [7, 11) is 2.12. The van der Waals surface area contributed by atoms with Gasteiger partial charge in [0.15, 0.2) is 0 Å². The van der Waals surface area contributed by atoms with Crippen LogP contribution in [0.4, 0.5) is 0 Å². The monoisotopic (exact) mass is 170 g/mol. The summed E-state index contributed by atoms with van der Waals surface area (Å²) >= 11 is 0. The van der Waals surface area contributed by atoms with Gasteiger partial charge in [-0.2, -0.15) is 0 Å². The predicted molar refractivity (Wildman–Crippen MR) is 44.6 cm³/mol. The van der Waals surface area contributed by atoms with Crippen molar-refractivity contribution in [2.24, 2.45) is 5.16 Å². The van der Waals surface area contributed by atoms with Crippen LogP contribution < -0.4 is 0 Å². The Labute approximate surface area is 71.8 Å². The van der Waals surface area contributed by atoms with Crippen molar-refractivity contribution in [2.75, 3.05) is 20.3 Å². The SMILES string of the molecule is CN1C2COCC1CC(=NO)C2. The second-order valence-electron chi connectivity index (χ2n) is 3.59. The van der Waals surface area contributed by atoms with Crippen molar-refractivity contribution in [3.8, 4) is 0 Å². The average molecular weight is 170 g/mol. The summed E-state index contributed by atoms with van der Waals surface area (Å²) in [5, 5.41) is 12.0. The maximum atomic E-state index is 8.66. The maximum absolute atomic E-state index is 8.66. The Balaban J connectivity index is 2.12. The van der Waals surface area contributed by atoms with Crippen LogP contribution >= 0.6 is 0 Å². The predicted octanol–water partition coefficient (Wildman–Crippen LogP) is 0.310. The molecule has 0 radical (unpaired) electrons. The lowest BCUT2D eigenvalue weighted by Crippen LogP contribution is -2.55. The number of oxime groups is 1. The molecule has 4 heteroatoms. The topological polar surface area (TPSA) is 45.1 Å². The zero-order valence-electron chi connectivity index (χ0n) is 7.23. The van der Waals surface area contributed by atoms with Crippen molar-refractivity contribution >= 4 is 5.71 Å². The van der Waals surface area contributed by atoms with Gasteiger partial charge in [0.25, 0.3) is 0 Å². The number of fused-ring (bicyclic) bond motifs is 2. The standard InChI is InChI=1S/C8H14N2O2/c1-10-7-2-6(9-11)3-8(10)5-12-4-7/h7-8,11H,2-5H2,1H3. The van der Waals surface area contributed by atoms with Gasteiger partial charge in [0.2, 0.25) is 0 Å². The molecule has 12 heavy (non-hydrogen) atoms. The maximum Gasteiger partial charge on any atom is 0.0626 e. The molecule has 2 aliphatic rings. The number of morpholine rings is 1. The van der Waals surface area contributed by atoms with Crippen LogP contribution in [0.5, 0.6) is 0 Å². The van der Waals surface area contributed by atoms with E-state index < -0.39 is 0 Å². The molecule has 0 aromatic carbocycles. The molecule has 2 unspecified atom stereocenters. The number of hydrogen-bond acceptors (Lipinski definition) is 4. The fourth-order valence-electron chi connectivity index (χ4n) is 1.99. The van der Waals surface area contributed by atoms with Crippen molar-refractivity contribution in [3.63, 3.8) is 0 Å². The van der Waals surface area contributed by atoms with Crippen LogP contribution in [-0.4, -0.2) is 48.2 Å². The van der Waals surface area contributed by atoms with Crippen molar-refractivity contribution in [1.82, 2.24) is 4.90 Å². The first-order valence-corrected chi connectivity index (χ1v) is 4.30. The van der Waals surface area contributed by atoms with E-state index in [1.807, 2.05) is 0 Å². The first-order valence-electron chi connectivity index (χ1n) is 4.30. The molecule has 0 aromatic rings. The Morgan fingerprint density at radius 1 is 1.42 bits per heavy atom. The van der Waals surface area contributed by atoms with Crippen LogP contribution in [0, 0.1) is 0 Å². The lowest BCUT2D eigenvalue weighted by atomic mass is 9.93. The van der Waals surface area contributed by atoms with Crippen LogP contribution in [0.3, 0.4) is 0 Å². The first-order chi connectivity index (χ1) is 5.81. The highest BCUT2D eigenvalue weighted by Crippen LogP contribution is 2.23. The molecular formula is C8H14N2O2. The van der Waals surface area contributed by atoms with Crippen molar-refractivity contribution < 1.29 is 9.94 Å². The van der Waals surface area contributed by atoms with Gasteiger partial charge >= 0.3 is 0 Å². The minimum atomic E-state index is 0.420. The van der Waals surface area contributed by atoms with Crippen LogP contribution in [0.1, 0.15) is 12.8 Å². The van der Waals surface area contributed by atoms with Gasteiger partial charge in [0.1, 0.15) is 0 Å². The third-order valence-corrected chi connectivity index (χ3v) is 2.86. The van der Waals surface area contributed by atoms with Crippen LogP contribution in [0.15, 0.2) is 5.16 Å². The Kier molecular flexibility index (Phi) is 2.02. The van der Waals surface area contributed by atoms with Crippen molar-refractivity contribution in [3.05, 3.63) is 0 Å². The minimum absolute atomic E-state index is 0.420. The molecule has 2 heterocycles. The highest BCUT2D eigenvalue weighted by molar-refractivity contribution is 5.85. The molecule has 2 fully saturated rings. The van der Waals surface area contributed by atoms with E-state index in [4.69, 9.17) is 9.94 Å². The second-order valence-corrected chi connectivity index (χ2v) is 3.59. The molecule has 2 rings (SSSR count). The molecule has 4 nitrogen and oxygen atoms in total. The van der Waals surface area contributed by atoms with E-state index in [9.17, 15) is 0 Å². The van der Waals surface area contributed by atoms with Crippen LogP contribution in [-0.2, 0) is 4.74 Å².